The van der Waals surface area contributed by atoms with Gasteiger partial charge in [-0.3, -0.25) is 0 Å². The molecule has 0 aromatic heterocycles. The molecule has 1 nitrogen and oxygen atoms in total. The lowest BCUT2D eigenvalue weighted by molar-refractivity contribution is 0.287. The summed E-state index contributed by atoms with van der Waals surface area (Å²) in [4.78, 5) is 0. The Labute approximate surface area is 240 Å². The molecule has 3 heteroatoms. The number of rotatable bonds is 19. The molecule has 214 valence electrons. The Morgan fingerprint density at radius 2 is 1.23 bits per heavy atom. The molecule has 0 radical (unpaired) electrons. The van der Waals surface area contributed by atoms with Crippen LogP contribution in [0.1, 0.15) is 105 Å². The van der Waals surface area contributed by atoms with Gasteiger partial charge in [-0.1, -0.05) is 126 Å². The van der Waals surface area contributed by atoms with Crippen LogP contribution in [0.2, 0.25) is 5.04 Å². The van der Waals surface area contributed by atoms with E-state index in [2.05, 4.69) is 113 Å². The summed E-state index contributed by atoms with van der Waals surface area (Å²) in [6.45, 7) is 9.77. The summed E-state index contributed by atoms with van der Waals surface area (Å²) >= 11 is 0. The van der Waals surface area contributed by atoms with Gasteiger partial charge in [0.25, 0.3) is 8.32 Å². The number of allylic oxidation sites excluding steroid dienone is 6. The van der Waals surface area contributed by atoms with Crippen molar-refractivity contribution in [2.75, 3.05) is 6.61 Å². The lowest BCUT2D eigenvalue weighted by Crippen LogP contribution is -2.66. The van der Waals surface area contributed by atoms with Crippen molar-refractivity contribution in [2.45, 2.75) is 110 Å². The molecule has 0 aliphatic rings. The van der Waals surface area contributed by atoms with E-state index in [-0.39, 0.29) is 10.9 Å². The molecule has 0 saturated heterocycles. The molecule has 0 bridgehead atoms. The average Bonchev–Trinajstić information content (AvgIpc) is 2.93. The Bertz CT molecular complexity index is 933. The minimum atomic E-state index is -2.50. The van der Waals surface area contributed by atoms with Crippen LogP contribution in [0.5, 0.6) is 0 Å². The van der Waals surface area contributed by atoms with Gasteiger partial charge in [0, 0.05) is 6.61 Å². The maximum absolute atomic E-state index is 14.4. The number of unbranched alkanes of at least 4 members (excludes halogenated alkanes) is 7. The molecule has 0 amide bonds. The van der Waals surface area contributed by atoms with Crippen LogP contribution in [0.15, 0.2) is 96.9 Å². The SMILES string of the molecule is CCCCCC=CCCCCC=CCC=C(F)CCCCO[Si](c1ccccc1)(c1ccccc1)C(C)(C)C. The summed E-state index contributed by atoms with van der Waals surface area (Å²) in [5.41, 5.74) is 0. The zero-order valence-electron chi connectivity index (χ0n) is 25.1. The lowest BCUT2D eigenvalue weighted by Gasteiger charge is -2.43. The van der Waals surface area contributed by atoms with E-state index in [0.29, 0.717) is 19.4 Å². The molecule has 0 spiro atoms. The predicted molar refractivity (Wildman–Crippen MR) is 172 cm³/mol. The van der Waals surface area contributed by atoms with E-state index in [1.807, 2.05) is 0 Å². The third kappa shape index (κ3) is 11.8. The van der Waals surface area contributed by atoms with Crippen molar-refractivity contribution in [3.05, 3.63) is 96.9 Å². The van der Waals surface area contributed by atoms with Gasteiger partial charge in [-0.05, 0) is 85.7 Å². The topological polar surface area (TPSA) is 9.23 Å². The van der Waals surface area contributed by atoms with Gasteiger partial charge in [0.1, 0.15) is 0 Å². The standard InChI is InChI=1S/C36H53FOSi/c1-5-6-7-8-9-10-11-12-13-14-15-16-19-26-33(37)27-24-25-32-38-39(36(2,3)4,34-28-20-17-21-29-34)35-30-22-18-23-31-35/h9-10,15-18,20-23,26,28-31H,5-8,11-14,19,24-25,27,32H2,1-4H3. The van der Waals surface area contributed by atoms with Crippen LogP contribution >= 0.6 is 0 Å². The van der Waals surface area contributed by atoms with Gasteiger partial charge in [-0.15, -0.1) is 0 Å². The van der Waals surface area contributed by atoms with E-state index < -0.39 is 8.32 Å². The van der Waals surface area contributed by atoms with Gasteiger partial charge in [-0.2, -0.15) is 0 Å². The second-order valence-electron chi connectivity index (χ2n) is 11.6. The van der Waals surface area contributed by atoms with E-state index in [4.69, 9.17) is 4.43 Å². The van der Waals surface area contributed by atoms with Gasteiger partial charge in [0.05, 0.1) is 5.83 Å². The molecule has 2 aromatic carbocycles. The quantitative estimate of drug-likeness (QED) is 0.0964. The van der Waals surface area contributed by atoms with Crippen LogP contribution in [0.25, 0.3) is 0 Å². The third-order valence-electron chi connectivity index (χ3n) is 7.32. The molecule has 0 atom stereocenters. The van der Waals surface area contributed by atoms with Crippen molar-refractivity contribution >= 4 is 18.7 Å². The van der Waals surface area contributed by atoms with Crippen LogP contribution in [0.4, 0.5) is 4.39 Å². The predicted octanol–water partition coefficient (Wildman–Crippen LogP) is 10.2. The van der Waals surface area contributed by atoms with Crippen molar-refractivity contribution in [3.8, 4) is 0 Å². The largest absolute Gasteiger partial charge is 0.407 e. The molecule has 0 N–H and O–H groups in total. The number of hydrogen-bond donors (Lipinski definition) is 0. The van der Waals surface area contributed by atoms with Crippen molar-refractivity contribution in [2.24, 2.45) is 0 Å². The maximum Gasteiger partial charge on any atom is 0.261 e. The normalized spacial score (nSPS) is 13.1. The monoisotopic (exact) mass is 548 g/mol. The van der Waals surface area contributed by atoms with Gasteiger partial charge in [0.15, 0.2) is 0 Å². The molecule has 0 aliphatic heterocycles. The highest BCUT2D eigenvalue weighted by atomic mass is 28.4. The first-order chi connectivity index (χ1) is 18.9. The van der Waals surface area contributed by atoms with E-state index in [9.17, 15) is 4.39 Å². The fraction of sp³-hybridized carbons (Fsp3) is 0.500. The first kappa shape index (κ1) is 33.0. The molecule has 0 aliphatic carbocycles. The van der Waals surface area contributed by atoms with Gasteiger partial charge in [0.2, 0.25) is 0 Å². The highest BCUT2D eigenvalue weighted by Crippen LogP contribution is 2.36. The van der Waals surface area contributed by atoms with Crippen LogP contribution in [0, 0.1) is 0 Å². The van der Waals surface area contributed by atoms with Crippen LogP contribution in [0.3, 0.4) is 0 Å². The zero-order chi connectivity index (χ0) is 28.2. The van der Waals surface area contributed by atoms with Crippen LogP contribution in [-0.4, -0.2) is 14.9 Å². The molecule has 39 heavy (non-hydrogen) atoms. The van der Waals surface area contributed by atoms with Gasteiger partial charge >= 0.3 is 0 Å². The molecule has 2 aromatic rings. The van der Waals surface area contributed by atoms with Gasteiger partial charge < -0.3 is 4.43 Å². The minimum Gasteiger partial charge on any atom is -0.407 e. The molecule has 0 unspecified atom stereocenters. The molecule has 0 heterocycles. The summed E-state index contributed by atoms with van der Waals surface area (Å²) in [6.07, 6.45) is 23.4. The van der Waals surface area contributed by atoms with E-state index in [1.165, 1.54) is 55.3 Å². The Morgan fingerprint density at radius 3 is 1.74 bits per heavy atom. The first-order valence-electron chi connectivity index (χ1n) is 15.3. The fourth-order valence-corrected chi connectivity index (χ4v) is 9.77. The van der Waals surface area contributed by atoms with Crippen molar-refractivity contribution < 1.29 is 8.82 Å². The second-order valence-corrected chi connectivity index (χ2v) is 15.9. The number of benzene rings is 2. The minimum absolute atomic E-state index is 0.00157. The molecule has 0 fully saturated rings. The Balaban J connectivity index is 1.74. The van der Waals surface area contributed by atoms with Crippen molar-refractivity contribution in [1.29, 1.82) is 0 Å². The van der Waals surface area contributed by atoms with E-state index in [1.54, 1.807) is 6.08 Å². The highest BCUT2D eigenvalue weighted by Gasteiger charge is 2.49. The van der Waals surface area contributed by atoms with Crippen molar-refractivity contribution in [3.63, 3.8) is 0 Å². The third-order valence-corrected chi connectivity index (χ3v) is 12.4. The average molecular weight is 549 g/mol. The Morgan fingerprint density at radius 1 is 0.718 bits per heavy atom. The summed E-state index contributed by atoms with van der Waals surface area (Å²) in [5.74, 6) is -0.00157. The number of halogens is 1. The maximum atomic E-state index is 14.4. The summed E-state index contributed by atoms with van der Waals surface area (Å²) in [6, 6.07) is 21.4. The molecule has 2 rings (SSSR count). The van der Waals surface area contributed by atoms with Crippen molar-refractivity contribution in [1.82, 2.24) is 0 Å². The molecular formula is C36H53FOSi. The van der Waals surface area contributed by atoms with E-state index >= 15 is 0 Å². The smallest absolute Gasteiger partial charge is 0.261 e. The first-order valence-corrected chi connectivity index (χ1v) is 17.2. The fourth-order valence-electron chi connectivity index (χ4n) is 5.17. The zero-order valence-corrected chi connectivity index (χ0v) is 26.1. The number of hydrogen-bond acceptors (Lipinski definition) is 1. The van der Waals surface area contributed by atoms with E-state index in [0.717, 1.165) is 19.3 Å². The van der Waals surface area contributed by atoms with Crippen LogP contribution < -0.4 is 10.4 Å². The Hall–Kier alpha value is -2.23. The Kier molecular flexibility index (Phi) is 16.0. The highest BCUT2D eigenvalue weighted by molar-refractivity contribution is 6.99. The second kappa shape index (κ2) is 18.9. The summed E-state index contributed by atoms with van der Waals surface area (Å²) in [7, 11) is -2.50. The summed E-state index contributed by atoms with van der Waals surface area (Å²) < 4.78 is 21.3. The lowest BCUT2D eigenvalue weighted by atomic mass is 10.1. The van der Waals surface area contributed by atoms with Gasteiger partial charge in [-0.25, -0.2) is 4.39 Å². The summed E-state index contributed by atoms with van der Waals surface area (Å²) in [5, 5.41) is 2.55. The van der Waals surface area contributed by atoms with Crippen LogP contribution in [-0.2, 0) is 4.43 Å². The molecule has 0 saturated carbocycles. The molecular weight excluding hydrogens is 495 g/mol.